The molecule has 1 aliphatic heterocycles. The molecule has 1 aliphatic rings. The molecule has 1 atom stereocenters. The van der Waals surface area contributed by atoms with Crippen molar-refractivity contribution in [2.45, 2.75) is 19.0 Å². The molecule has 1 aromatic carbocycles. The van der Waals surface area contributed by atoms with Crippen molar-refractivity contribution in [3.63, 3.8) is 0 Å². The predicted molar refractivity (Wildman–Crippen MR) is 71.8 cm³/mol. The van der Waals surface area contributed by atoms with Crippen molar-refractivity contribution in [2.24, 2.45) is 0 Å². The van der Waals surface area contributed by atoms with Gasteiger partial charge >= 0.3 is 0 Å². The number of aromatic nitrogens is 2. The van der Waals surface area contributed by atoms with Gasteiger partial charge in [-0.15, -0.1) is 0 Å². The van der Waals surface area contributed by atoms with Gasteiger partial charge in [0.25, 0.3) is 0 Å². The molecule has 1 saturated heterocycles. The summed E-state index contributed by atoms with van der Waals surface area (Å²) in [4.78, 5) is 11.1. The van der Waals surface area contributed by atoms with Gasteiger partial charge < -0.3 is 10.6 Å². The van der Waals surface area contributed by atoms with Gasteiger partial charge in [0.15, 0.2) is 0 Å². The number of para-hydroxylation sites is 1. The minimum atomic E-state index is 0.123. The highest BCUT2D eigenvalue weighted by Crippen LogP contribution is 2.08. The lowest BCUT2D eigenvalue weighted by Gasteiger charge is -2.08. The maximum atomic E-state index is 11.1. The van der Waals surface area contributed by atoms with Gasteiger partial charge in [-0.2, -0.15) is 5.10 Å². The molecule has 3 rings (SSSR count). The van der Waals surface area contributed by atoms with Crippen LogP contribution >= 0.6 is 0 Å². The molecule has 0 saturated carbocycles. The summed E-state index contributed by atoms with van der Waals surface area (Å²) in [6, 6.07) is 10.2. The first-order chi connectivity index (χ1) is 9.31. The van der Waals surface area contributed by atoms with Crippen LogP contribution in [0.5, 0.6) is 0 Å². The van der Waals surface area contributed by atoms with Gasteiger partial charge in [-0.1, -0.05) is 18.2 Å². The fourth-order valence-electron chi connectivity index (χ4n) is 2.19. The number of amides is 1. The highest BCUT2D eigenvalue weighted by Gasteiger charge is 2.20. The maximum Gasteiger partial charge on any atom is 0.221 e. The van der Waals surface area contributed by atoms with Crippen molar-refractivity contribution in [3.8, 4) is 5.69 Å². The van der Waals surface area contributed by atoms with Crippen molar-refractivity contribution in [3.05, 3.63) is 48.3 Å². The average molecular weight is 256 g/mol. The van der Waals surface area contributed by atoms with Crippen molar-refractivity contribution in [1.82, 2.24) is 20.4 Å². The van der Waals surface area contributed by atoms with Gasteiger partial charge in [0.2, 0.25) is 5.91 Å². The SMILES string of the molecule is O=C1CC(NCc2cnn(-c3ccccc3)c2)CN1. The second-order valence-corrected chi connectivity index (χ2v) is 4.71. The molecule has 1 unspecified atom stereocenters. The monoisotopic (exact) mass is 256 g/mol. The van der Waals surface area contributed by atoms with E-state index in [0.717, 1.165) is 17.8 Å². The van der Waals surface area contributed by atoms with E-state index < -0.39 is 0 Å². The molecule has 0 spiro atoms. The van der Waals surface area contributed by atoms with Crippen LogP contribution in [0.2, 0.25) is 0 Å². The lowest BCUT2D eigenvalue weighted by Crippen LogP contribution is -2.30. The van der Waals surface area contributed by atoms with Crippen molar-refractivity contribution < 1.29 is 4.79 Å². The summed E-state index contributed by atoms with van der Waals surface area (Å²) in [5.41, 5.74) is 2.16. The number of nitrogens with one attached hydrogen (secondary N) is 2. The maximum absolute atomic E-state index is 11.1. The Labute approximate surface area is 111 Å². The number of hydrogen-bond acceptors (Lipinski definition) is 3. The number of nitrogens with zero attached hydrogens (tertiary/aromatic N) is 2. The standard InChI is InChI=1S/C14H16N4O/c19-14-6-12(9-16-14)15-7-11-8-17-18(10-11)13-4-2-1-3-5-13/h1-5,8,10,12,15H,6-7,9H2,(H,16,19). The molecule has 5 heteroatoms. The molecule has 0 aliphatic carbocycles. The van der Waals surface area contributed by atoms with Crippen molar-refractivity contribution in [1.29, 1.82) is 0 Å². The van der Waals surface area contributed by atoms with E-state index in [1.165, 1.54) is 0 Å². The molecule has 98 valence electrons. The lowest BCUT2D eigenvalue weighted by molar-refractivity contribution is -0.119. The van der Waals surface area contributed by atoms with Gasteiger partial charge in [-0.25, -0.2) is 4.68 Å². The van der Waals surface area contributed by atoms with E-state index in [1.54, 1.807) is 0 Å². The van der Waals surface area contributed by atoms with Crippen LogP contribution in [-0.4, -0.2) is 28.3 Å². The van der Waals surface area contributed by atoms with Crippen molar-refractivity contribution in [2.75, 3.05) is 6.54 Å². The fourth-order valence-corrected chi connectivity index (χ4v) is 2.19. The van der Waals surface area contributed by atoms with Gasteiger partial charge in [0.1, 0.15) is 0 Å². The lowest BCUT2D eigenvalue weighted by atomic mass is 10.2. The van der Waals surface area contributed by atoms with Crippen LogP contribution in [0.3, 0.4) is 0 Å². The molecule has 2 aromatic rings. The summed E-state index contributed by atoms with van der Waals surface area (Å²) in [5, 5.41) is 10.5. The van der Waals surface area contributed by atoms with E-state index in [0.29, 0.717) is 13.0 Å². The van der Waals surface area contributed by atoms with Gasteiger partial charge in [-0.05, 0) is 12.1 Å². The Bertz CT molecular complexity index is 564. The smallest absolute Gasteiger partial charge is 0.221 e. The van der Waals surface area contributed by atoms with E-state index in [4.69, 9.17) is 0 Å². The summed E-state index contributed by atoms with van der Waals surface area (Å²) in [7, 11) is 0. The highest BCUT2D eigenvalue weighted by atomic mass is 16.1. The molecule has 1 aromatic heterocycles. The van der Waals surface area contributed by atoms with Crippen LogP contribution in [0.25, 0.3) is 5.69 Å². The molecular weight excluding hydrogens is 240 g/mol. The Morgan fingerprint density at radius 2 is 2.21 bits per heavy atom. The van der Waals surface area contributed by atoms with E-state index in [-0.39, 0.29) is 11.9 Å². The molecule has 1 fully saturated rings. The van der Waals surface area contributed by atoms with E-state index >= 15 is 0 Å². The summed E-state index contributed by atoms with van der Waals surface area (Å²) >= 11 is 0. The molecular formula is C14H16N4O. The molecule has 2 N–H and O–H groups in total. The van der Waals surface area contributed by atoms with E-state index in [9.17, 15) is 4.79 Å². The van der Waals surface area contributed by atoms with Crippen LogP contribution in [0.1, 0.15) is 12.0 Å². The van der Waals surface area contributed by atoms with Gasteiger partial charge in [0, 0.05) is 37.3 Å². The largest absolute Gasteiger partial charge is 0.354 e. The quantitative estimate of drug-likeness (QED) is 0.852. The molecule has 0 radical (unpaired) electrons. The molecule has 2 heterocycles. The number of rotatable bonds is 4. The Morgan fingerprint density at radius 1 is 1.37 bits per heavy atom. The van der Waals surface area contributed by atoms with Gasteiger partial charge in [-0.3, -0.25) is 4.79 Å². The number of benzene rings is 1. The third-order valence-electron chi connectivity index (χ3n) is 3.23. The first-order valence-electron chi connectivity index (χ1n) is 6.40. The summed E-state index contributed by atoms with van der Waals surface area (Å²) < 4.78 is 1.86. The van der Waals surface area contributed by atoms with E-state index in [2.05, 4.69) is 15.7 Å². The minimum Gasteiger partial charge on any atom is -0.354 e. The summed E-state index contributed by atoms with van der Waals surface area (Å²) in [5.74, 6) is 0.123. The Morgan fingerprint density at radius 3 is 2.95 bits per heavy atom. The van der Waals surface area contributed by atoms with Crippen molar-refractivity contribution >= 4 is 5.91 Å². The number of carbonyl (C=O) groups is 1. The van der Waals surface area contributed by atoms with Crippen LogP contribution in [0.4, 0.5) is 0 Å². The number of carbonyl (C=O) groups excluding carboxylic acids is 1. The first kappa shape index (κ1) is 11.9. The molecule has 19 heavy (non-hydrogen) atoms. The fraction of sp³-hybridized carbons (Fsp3) is 0.286. The predicted octanol–water partition coefficient (Wildman–Crippen LogP) is 0.850. The summed E-state index contributed by atoms with van der Waals surface area (Å²) in [6.07, 6.45) is 4.42. The third-order valence-corrected chi connectivity index (χ3v) is 3.23. The summed E-state index contributed by atoms with van der Waals surface area (Å²) in [6.45, 7) is 1.44. The molecule has 1 amide bonds. The minimum absolute atomic E-state index is 0.123. The normalized spacial score (nSPS) is 18.5. The van der Waals surface area contributed by atoms with E-state index in [1.807, 2.05) is 47.4 Å². The zero-order valence-electron chi connectivity index (χ0n) is 10.5. The Hall–Kier alpha value is -2.14. The zero-order chi connectivity index (χ0) is 13.1. The van der Waals surface area contributed by atoms with Crippen LogP contribution in [0.15, 0.2) is 42.7 Å². The zero-order valence-corrected chi connectivity index (χ0v) is 10.5. The first-order valence-corrected chi connectivity index (χ1v) is 6.40. The highest BCUT2D eigenvalue weighted by molar-refractivity contribution is 5.78. The van der Waals surface area contributed by atoms with Crippen LogP contribution in [0, 0.1) is 0 Å². The second kappa shape index (κ2) is 5.24. The second-order valence-electron chi connectivity index (χ2n) is 4.71. The topological polar surface area (TPSA) is 59.0 Å². The Kier molecular flexibility index (Phi) is 3.29. The third kappa shape index (κ3) is 2.82. The Balaban J connectivity index is 1.61. The van der Waals surface area contributed by atoms with Gasteiger partial charge in [0.05, 0.1) is 11.9 Å². The van der Waals surface area contributed by atoms with Crippen LogP contribution < -0.4 is 10.6 Å². The van der Waals surface area contributed by atoms with Crippen LogP contribution in [-0.2, 0) is 11.3 Å². The average Bonchev–Trinajstić information content (AvgIpc) is 3.06. The number of hydrogen-bond donors (Lipinski definition) is 2. The molecule has 5 nitrogen and oxygen atoms in total. The molecule has 0 bridgehead atoms.